The molecule has 0 fully saturated rings. The van der Waals surface area contributed by atoms with Crippen LogP contribution in [0.25, 0.3) is 0 Å². The first-order chi connectivity index (χ1) is 8.07. The van der Waals surface area contributed by atoms with E-state index >= 15 is 0 Å². The topological polar surface area (TPSA) is 68.3 Å². The normalized spacial score (nSPS) is 11.2. The van der Waals surface area contributed by atoms with Crippen LogP contribution in [0.15, 0.2) is 18.3 Å². The highest BCUT2D eigenvalue weighted by Crippen LogP contribution is 2.10. The average Bonchev–Trinajstić information content (AvgIpc) is 2.29. The van der Waals surface area contributed by atoms with Crippen LogP contribution in [0.2, 0.25) is 0 Å². The van der Waals surface area contributed by atoms with Gasteiger partial charge in [0, 0.05) is 18.4 Å². The highest BCUT2D eigenvalue weighted by Gasteiger charge is 2.08. The summed E-state index contributed by atoms with van der Waals surface area (Å²) in [5.41, 5.74) is 0.789. The molecule has 0 aliphatic heterocycles. The smallest absolute Gasteiger partial charge is 0.213 e. The van der Waals surface area contributed by atoms with Crippen molar-refractivity contribution in [3.8, 4) is 5.88 Å². The first-order valence-corrected chi connectivity index (χ1v) is 7.34. The Bertz CT molecular complexity index is 429. The highest BCUT2D eigenvalue weighted by atomic mass is 32.2. The van der Waals surface area contributed by atoms with Crippen LogP contribution in [0.1, 0.15) is 13.3 Å². The van der Waals surface area contributed by atoms with E-state index in [1.54, 1.807) is 25.4 Å². The third-order valence-electron chi connectivity index (χ3n) is 2.20. The number of methoxy groups -OCH3 is 1. The number of nitrogens with zero attached hydrogens (tertiary/aromatic N) is 1. The van der Waals surface area contributed by atoms with Gasteiger partial charge in [-0.25, -0.2) is 13.4 Å². The average molecular weight is 258 g/mol. The molecule has 0 radical (unpaired) electrons. The molecule has 0 unspecified atom stereocenters. The first-order valence-electron chi connectivity index (χ1n) is 5.51. The van der Waals surface area contributed by atoms with Crippen LogP contribution in [-0.4, -0.2) is 38.6 Å². The molecular formula is C11H18N2O3S. The lowest BCUT2D eigenvalue weighted by Crippen LogP contribution is -2.18. The maximum Gasteiger partial charge on any atom is 0.213 e. The fourth-order valence-corrected chi connectivity index (χ4v) is 2.61. The summed E-state index contributed by atoms with van der Waals surface area (Å²) < 4.78 is 27.8. The molecule has 0 spiro atoms. The van der Waals surface area contributed by atoms with Crippen molar-refractivity contribution in [1.82, 2.24) is 4.98 Å². The van der Waals surface area contributed by atoms with E-state index in [9.17, 15) is 8.42 Å². The number of aromatic nitrogens is 1. The van der Waals surface area contributed by atoms with E-state index in [1.807, 2.05) is 6.92 Å². The van der Waals surface area contributed by atoms with Crippen molar-refractivity contribution in [3.63, 3.8) is 0 Å². The number of anilines is 1. The Hall–Kier alpha value is -1.30. The van der Waals surface area contributed by atoms with Gasteiger partial charge in [0.25, 0.3) is 0 Å². The summed E-state index contributed by atoms with van der Waals surface area (Å²) in [4.78, 5) is 4.01. The molecule has 6 heteroatoms. The number of hydrogen-bond acceptors (Lipinski definition) is 5. The standard InChI is InChI=1S/C11H18N2O3S/c1-3-7-17(14,15)8-6-12-10-4-5-11(16-2)13-9-10/h4-5,9,12H,3,6-8H2,1-2H3. The third kappa shape index (κ3) is 5.04. The van der Waals surface area contributed by atoms with Crippen LogP contribution in [0.3, 0.4) is 0 Å². The maximum atomic E-state index is 11.4. The van der Waals surface area contributed by atoms with Gasteiger partial charge in [-0.15, -0.1) is 0 Å². The lowest BCUT2D eigenvalue weighted by Gasteiger charge is -2.07. The van der Waals surface area contributed by atoms with Gasteiger partial charge in [-0.2, -0.15) is 0 Å². The second kappa shape index (κ2) is 6.44. The Labute approximate surface area is 102 Å². The van der Waals surface area contributed by atoms with Gasteiger partial charge < -0.3 is 10.1 Å². The van der Waals surface area contributed by atoms with Gasteiger partial charge in [0.05, 0.1) is 24.7 Å². The molecule has 0 aromatic carbocycles. The van der Waals surface area contributed by atoms with Gasteiger partial charge in [0.2, 0.25) is 5.88 Å². The van der Waals surface area contributed by atoms with Gasteiger partial charge in [0.15, 0.2) is 9.84 Å². The Morgan fingerprint density at radius 3 is 2.65 bits per heavy atom. The molecule has 0 aliphatic rings. The molecular weight excluding hydrogens is 240 g/mol. The van der Waals surface area contributed by atoms with E-state index < -0.39 is 9.84 Å². The molecule has 1 rings (SSSR count). The lowest BCUT2D eigenvalue weighted by molar-refractivity contribution is 0.398. The minimum atomic E-state index is -2.92. The second-order valence-corrected chi connectivity index (χ2v) is 5.97. The largest absolute Gasteiger partial charge is 0.481 e. The van der Waals surface area contributed by atoms with E-state index in [4.69, 9.17) is 4.74 Å². The van der Waals surface area contributed by atoms with Crippen LogP contribution < -0.4 is 10.1 Å². The monoisotopic (exact) mass is 258 g/mol. The molecule has 0 saturated heterocycles. The number of rotatable bonds is 7. The van der Waals surface area contributed by atoms with Crippen molar-refractivity contribution in [3.05, 3.63) is 18.3 Å². The minimum Gasteiger partial charge on any atom is -0.481 e. The number of hydrogen-bond donors (Lipinski definition) is 1. The molecule has 5 nitrogen and oxygen atoms in total. The zero-order valence-electron chi connectivity index (χ0n) is 10.1. The molecule has 1 heterocycles. The maximum absolute atomic E-state index is 11.4. The van der Waals surface area contributed by atoms with Crippen molar-refractivity contribution in [2.45, 2.75) is 13.3 Å². The van der Waals surface area contributed by atoms with E-state index in [0.717, 1.165) is 5.69 Å². The lowest BCUT2D eigenvalue weighted by atomic mass is 10.4. The summed E-state index contributed by atoms with van der Waals surface area (Å²) in [6.07, 6.45) is 2.28. The Kier molecular flexibility index (Phi) is 5.21. The van der Waals surface area contributed by atoms with Gasteiger partial charge in [-0.1, -0.05) is 6.92 Å². The van der Waals surface area contributed by atoms with Crippen molar-refractivity contribution >= 4 is 15.5 Å². The van der Waals surface area contributed by atoms with Gasteiger partial charge in [0.1, 0.15) is 0 Å². The minimum absolute atomic E-state index is 0.146. The Morgan fingerprint density at radius 2 is 2.12 bits per heavy atom. The molecule has 96 valence electrons. The number of sulfone groups is 1. The van der Waals surface area contributed by atoms with Gasteiger partial charge in [-0.3, -0.25) is 0 Å². The van der Waals surface area contributed by atoms with Crippen LogP contribution >= 0.6 is 0 Å². The first kappa shape index (κ1) is 13.8. The predicted molar refractivity (Wildman–Crippen MR) is 68.2 cm³/mol. The summed E-state index contributed by atoms with van der Waals surface area (Å²) in [5, 5.41) is 3.01. The van der Waals surface area contributed by atoms with Crippen LogP contribution in [0, 0.1) is 0 Å². The van der Waals surface area contributed by atoms with Crippen LogP contribution in [-0.2, 0) is 9.84 Å². The Balaban J connectivity index is 2.40. The SMILES string of the molecule is CCCS(=O)(=O)CCNc1ccc(OC)nc1. The van der Waals surface area contributed by atoms with E-state index in [1.165, 1.54) is 0 Å². The molecule has 1 aromatic rings. The van der Waals surface area contributed by atoms with Gasteiger partial charge in [-0.05, 0) is 12.5 Å². The summed E-state index contributed by atoms with van der Waals surface area (Å²) in [7, 11) is -1.37. The molecule has 1 N–H and O–H groups in total. The second-order valence-electron chi connectivity index (χ2n) is 3.67. The van der Waals surface area contributed by atoms with Crippen LogP contribution in [0.5, 0.6) is 5.88 Å². The van der Waals surface area contributed by atoms with E-state index in [0.29, 0.717) is 18.8 Å². The number of pyridine rings is 1. The zero-order chi connectivity index (χ0) is 12.7. The molecule has 17 heavy (non-hydrogen) atoms. The quantitative estimate of drug-likeness (QED) is 0.799. The molecule has 0 aliphatic carbocycles. The summed E-state index contributed by atoms with van der Waals surface area (Å²) in [5.74, 6) is 0.928. The van der Waals surface area contributed by atoms with Crippen molar-refractivity contribution in [2.24, 2.45) is 0 Å². The van der Waals surface area contributed by atoms with E-state index in [-0.39, 0.29) is 11.5 Å². The summed E-state index contributed by atoms with van der Waals surface area (Å²) in [6.45, 7) is 2.26. The Morgan fingerprint density at radius 1 is 1.35 bits per heavy atom. The molecule has 0 amide bonds. The summed E-state index contributed by atoms with van der Waals surface area (Å²) in [6, 6.07) is 3.53. The number of ether oxygens (including phenoxy) is 1. The third-order valence-corrected chi connectivity index (χ3v) is 4.06. The van der Waals surface area contributed by atoms with Crippen LogP contribution in [0.4, 0.5) is 5.69 Å². The number of nitrogens with one attached hydrogen (secondary N) is 1. The molecule has 0 saturated carbocycles. The highest BCUT2D eigenvalue weighted by molar-refractivity contribution is 7.91. The van der Waals surface area contributed by atoms with Gasteiger partial charge >= 0.3 is 0 Å². The molecule has 0 atom stereocenters. The molecule has 1 aromatic heterocycles. The predicted octanol–water partition coefficient (Wildman–Crippen LogP) is 1.33. The van der Waals surface area contributed by atoms with Crippen molar-refractivity contribution in [1.29, 1.82) is 0 Å². The molecule has 0 bridgehead atoms. The van der Waals surface area contributed by atoms with E-state index in [2.05, 4.69) is 10.3 Å². The van der Waals surface area contributed by atoms with Crippen molar-refractivity contribution < 1.29 is 13.2 Å². The zero-order valence-corrected chi connectivity index (χ0v) is 11.0. The fourth-order valence-electron chi connectivity index (χ4n) is 1.37. The fraction of sp³-hybridized carbons (Fsp3) is 0.545. The van der Waals surface area contributed by atoms with Crippen molar-refractivity contribution in [2.75, 3.05) is 30.5 Å². The summed E-state index contributed by atoms with van der Waals surface area (Å²) >= 11 is 0.